The molecule has 18 heavy (non-hydrogen) atoms. The van der Waals surface area contributed by atoms with E-state index in [0.717, 1.165) is 11.1 Å². The number of aryl methyl sites for hydroxylation is 1. The maximum atomic E-state index is 11.6. The number of carbonyl (C=O) groups excluding carboxylic acids is 1. The Labute approximate surface area is 105 Å². The lowest BCUT2D eigenvalue weighted by Gasteiger charge is -2.13. The van der Waals surface area contributed by atoms with Gasteiger partial charge in [-0.2, -0.15) is 0 Å². The lowest BCUT2D eigenvalue weighted by atomic mass is 10.1. The van der Waals surface area contributed by atoms with Crippen LogP contribution >= 0.6 is 0 Å². The normalized spacial score (nSPS) is 11.9. The summed E-state index contributed by atoms with van der Waals surface area (Å²) < 4.78 is 0. The van der Waals surface area contributed by atoms with Gasteiger partial charge in [-0.3, -0.25) is 4.79 Å². The number of amides is 1. The number of carboxylic acid groups (broad SMARTS) is 1. The molecule has 0 aromatic heterocycles. The van der Waals surface area contributed by atoms with E-state index in [1.54, 1.807) is 0 Å². The van der Waals surface area contributed by atoms with Crippen LogP contribution in [0.5, 0.6) is 0 Å². The number of nitrogens with one attached hydrogen (secondary N) is 1. The Morgan fingerprint density at radius 2 is 1.89 bits per heavy atom. The van der Waals surface area contributed by atoms with Crippen LogP contribution in [-0.2, 0) is 16.0 Å². The minimum Gasteiger partial charge on any atom is -0.480 e. The molecule has 1 rings (SSSR count). The van der Waals surface area contributed by atoms with Crippen LogP contribution in [0.4, 0.5) is 0 Å². The summed E-state index contributed by atoms with van der Waals surface area (Å²) in [7, 11) is 0. The third-order valence-corrected chi connectivity index (χ3v) is 2.54. The molecule has 5 nitrogen and oxygen atoms in total. The maximum absolute atomic E-state index is 11.6. The van der Waals surface area contributed by atoms with Gasteiger partial charge in [0, 0.05) is 13.0 Å². The molecule has 0 bridgehead atoms. The van der Waals surface area contributed by atoms with E-state index in [9.17, 15) is 9.59 Å². The summed E-state index contributed by atoms with van der Waals surface area (Å²) in [4.78, 5) is 22.4. The van der Waals surface area contributed by atoms with Crippen molar-refractivity contribution < 1.29 is 19.8 Å². The van der Waals surface area contributed by atoms with Gasteiger partial charge in [-0.1, -0.05) is 29.8 Å². The van der Waals surface area contributed by atoms with Crippen LogP contribution in [0, 0.1) is 6.92 Å². The molecule has 0 spiro atoms. The molecular formula is C13H17NO4. The van der Waals surface area contributed by atoms with Crippen molar-refractivity contribution in [3.63, 3.8) is 0 Å². The highest BCUT2D eigenvalue weighted by Crippen LogP contribution is 2.04. The highest BCUT2D eigenvalue weighted by atomic mass is 16.4. The first-order valence-corrected chi connectivity index (χ1v) is 5.71. The molecule has 0 heterocycles. The van der Waals surface area contributed by atoms with Gasteiger partial charge in [0.05, 0.1) is 6.42 Å². The minimum absolute atomic E-state index is 0.00890. The number of aliphatic hydroxyl groups excluding tert-OH is 1. The van der Waals surface area contributed by atoms with Gasteiger partial charge in [0.25, 0.3) is 0 Å². The van der Waals surface area contributed by atoms with Crippen molar-refractivity contribution >= 4 is 11.9 Å². The average Bonchev–Trinajstić information content (AvgIpc) is 2.31. The molecule has 1 aromatic carbocycles. The van der Waals surface area contributed by atoms with Crippen LogP contribution in [-0.4, -0.2) is 34.7 Å². The van der Waals surface area contributed by atoms with Crippen LogP contribution in [0.15, 0.2) is 24.3 Å². The number of carboxylic acids is 1. The lowest BCUT2D eigenvalue weighted by Crippen LogP contribution is -2.42. The predicted octanol–water partition coefficient (Wildman–Crippen LogP) is 0.489. The Hall–Kier alpha value is -1.88. The van der Waals surface area contributed by atoms with Gasteiger partial charge in [0.1, 0.15) is 6.04 Å². The molecule has 1 amide bonds. The van der Waals surface area contributed by atoms with E-state index in [1.807, 2.05) is 31.2 Å². The zero-order valence-electron chi connectivity index (χ0n) is 10.2. The molecule has 1 aromatic rings. The minimum atomic E-state index is -1.14. The van der Waals surface area contributed by atoms with Crippen molar-refractivity contribution in [3.8, 4) is 0 Å². The van der Waals surface area contributed by atoms with Crippen LogP contribution in [0.2, 0.25) is 0 Å². The van der Waals surface area contributed by atoms with Gasteiger partial charge in [0.2, 0.25) is 5.91 Å². The van der Waals surface area contributed by atoms with Gasteiger partial charge in [-0.25, -0.2) is 4.79 Å². The summed E-state index contributed by atoms with van der Waals surface area (Å²) in [6.07, 6.45) is 0.143. The van der Waals surface area contributed by atoms with Crippen molar-refractivity contribution in [2.24, 2.45) is 0 Å². The quantitative estimate of drug-likeness (QED) is 0.686. The first-order chi connectivity index (χ1) is 8.52. The number of carbonyl (C=O) groups is 2. The molecule has 0 saturated carbocycles. The van der Waals surface area contributed by atoms with Gasteiger partial charge < -0.3 is 15.5 Å². The molecular weight excluding hydrogens is 234 g/mol. The second-order valence-corrected chi connectivity index (χ2v) is 4.13. The first-order valence-electron chi connectivity index (χ1n) is 5.71. The fraction of sp³-hybridized carbons (Fsp3) is 0.385. The van der Waals surface area contributed by atoms with Crippen molar-refractivity contribution in [1.29, 1.82) is 0 Å². The Morgan fingerprint density at radius 3 is 2.39 bits per heavy atom. The fourth-order valence-corrected chi connectivity index (χ4v) is 1.52. The number of hydrogen-bond donors (Lipinski definition) is 3. The first kappa shape index (κ1) is 14.2. The highest BCUT2D eigenvalue weighted by molar-refractivity contribution is 5.84. The molecule has 1 atom stereocenters. The number of hydrogen-bond acceptors (Lipinski definition) is 3. The lowest BCUT2D eigenvalue weighted by molar-refractivity contribution is -0.142. The van der Waals surface area contributed by atoms with Crippen LogP contribution in [0.1, 0.15) is 17.5 Å². The standard InChI is InChI=1S/C13H17NO4/c1-9-2-4-10(5-3-9)8-12(16)14-11(6-7-15)13(17)18/h2-5,11,15H,6-8H2,1H3,(H,14,16)(H,17,18)/t11-/m0/s1. The van der Waals surface area contributed by atoms with Crippen molar-refractivity contribution in [2.75, 3.05) is 6.61 Å². The molecule has 0 aliphatic rings. The molecule has 5 heteroatoms. The van der Waals surface area contributed by atoms with E-state index < -0.39 is 12.0 Å². The fourth-order valence-electron chi connectivity index (χ4n) is 1.52. The van der Waals surface area contributed by atoms with Gasteiger partial charge in [-0.15, -0.1) is 0 Å². The zero-order chi connectivity index (χ0) is 13.5. The van der Waals surface area contributed by atoms with E-state index in [-0.39, 0.29) is 25.4 Å². The van der Waals surface area contributed by atoms with Gasteiger partial charge in [0.15, 0.2) is 0 Å². The topological polar surface area (TPSA) is 86.6 Å². The molecule has 0 aliphatic carbocycles. The molecule has 0 saturated heterocycles. The summed E-state index contributed by atoms with van der Waals surface area (Å²) in [6, 6.07) is 6.41. The molecule has 0 fully saturated rings. The second-order valence-electron chi connectivity index (χ2n) is 4.13. The van der Waals surface area contributed by atoms with E-state index >= 15 is 0 Å². The number of aliphatic carboxylic acids is 1. The monoisotopic (exact) mass is 251 g/mol. The number of aliphatic hydroxyl groups is 1. The largest absolute Gasteiger partial charge is 0.480 e. The summed E-state index contributed by atoms with van der Waals surface area (Å²) >= 11 is 0. The molecule has 0 aliphatic heterocycles. The average molecular weight is 251 g/mol. The van der Waals surface area contributed by atoms with E-state index in [0.29, 0.717) is 0 Å². The van der Waals surface area contributed by atoms with E-state index in [2.05, 4.69) is 5.32 Å². The number of rotatable bonds is 6. The molecule has 98 valence electrons. The molecule has 3 N–H and O–H groups in total. The van der Waals surface area contributed by atoms with Crippen LogP contribution in [0.25, 0.3) is 0 Å². The Kier molecular flexibility index (Phi) is 5.32. The summed E-state index contributed by atoms with van der Waals surface area (Å²) in [5, 5.41) is 19.9. The number of benzene rings is 1. The van der Waals surface area contributed by atoms with Gasteiger partial charge >= 0.3 is 5.97 Å². The smallest absolute Gasteiger partial charge is 0.326 e. The van der Waals surface area contributed by atoms with E-state index in [1.165, 1.54) is 0 Å². The van der Waals surface area contributed by atoms with Crippen molar-refractivity contribution in [3.05, 3.63) is 35.4 Å². The Bertz CT molecular complexity index is 414. The van der Waals surface area contributed by atoms with Crippen molar-refractivity contribution in [2.45, 2.75) is 25.8 Å². The maximum Gasteiger partial charge on any atom is 0.326 e. The Balaban J connectivity index is 2.54. The third-order valence-electron chi connectivity index (χ3n) is 2.54. The molecule has 0 radical (unpaired) electrons. The van der Waals surface area contributed by atoms with Crippen molar-refractivity contribution in [1.82, 2.24) is 5.32 Å². The summed E-state index contributed by atoms with van der Waals surface area (Å²) in [5.41, 5.74) is 1.93. The zero-order valence-corrected chi connectivity index (χ0v) is 10.2. The summed E-state index contributed by atoms with van der Waals surface area (Å²) in [5.74, 6) is -1.50. The highest BCUT2D eigenvalue weighted by Gasteiger charge is 2.18. The van der Waals surface area contributed by atoms with Gasteiger partial charge in [-0.05, 0) is 12.5 Å². The van der Waals surface area contributed by atoms with Crippen LogP contribution < -0.4 is 5.32 Å². The SMILES string of the molecule is Cc1ccc(CC(=O)N[C@@H](CCO)C(=O)O)cc1. The molecule has 0 unspecified atom stereocenters. The Morgan fingerprint density at radius 1 is 1.28 bits per heavy atom. The summed E-state index contributed by atoms with van der Waals surface area (Å²) in [6.45, 7) is 1.67. The third kappa shape index (κ3) is 4.55. The van der Waals surface area contributed by atoms with E-state index in [4.69, 9.17) is 10.2 Å². The van der Waals surface area contributed by atoms with Crippen LogP contribution in [0.3, 0.4) is 0 Å². The second kappa shape index (κ2) is 6.76. The predicted molar refractivity (Wildman–Crippen MR) is 66.2 cm³/mol.